The van der Waals surface area contributed by atoms with Crippen molar-refractivity contribution in [3.63, 3.8) is 0 Å². The van der Waals surface area contributed by atoms with Crippen LogP contribution in [0.3, 0.4) is 0 Å². The van der Waals surface area contributed by atoms with Gasteiger partial charge >= 0.3 is 0 Å². The molecule has 0 radical (unpaired) electrons. The van der Waals surface area contributed by atoms with Gasteiger partial charge in [-0.3, -0.25) is 0 Å². The first-order chi connectivity index (χ1) is 9.27. The van der Waals surface area contributed by atoms with Gasteiger partial charge in [0.2, 0.25) is 10.0 Å². The molecular weight excluding hydrogens is 278 g/mol. The molecule has 1 saturated heterocycles. The van der Waals surface area contributed by atoms with Crippen LogP contribution in [0.15, 0.2) is 15.4 Å². The first-order valence-electron chi connectivity index (χ1n) is 6.99. The number of piperidine rings is 1. The summed E-state index contributed by atoms with van der Waals surface area (Å²) in [5.74, 6) is 1.30. The zero-order chi connectivity index (χ0) is 15.1. The predicted octanol–water partition coefficient (Wildman–Crippen LogP) is 2.14. The molecule has 0 spiro atoms. The van der Waals surface area contributed by atoms with E-state index in [0.717, 1.165) is 6.42 Å². The molecule has 0 aromatic carbocycles. The molecule has 6 heteroatoms. The van der Waals surface area contributed by atoms with E-state index in [1.54, 1.807) is 11.2 Å². The average Bonchev–Trinajstić information content (AvgIpc) is 2.75. The highest BCUT2D eigenvalue weighted by Crippen LogP contribution is 2.33. The van der Waals surface area contributed by atoms with Crippen molar-refractivity contribution in [3.05, 3.63) is 17.6 Å². The van der Waals surface area contributed by atoms with Crippen LogP contribution in [0.2, 0.25) is 0 Å². The van der Waals surface area contributed by atoms with E-state index in [1.165, 1.54) is 6.07 Å². The summed E-state index contributed by atoms with van der Waals surface area (Å²) in [5.41, 5.74) is 0. The summed E-state index contributed by atoms with van der Waals surface area (Å²) in [6.45, 7) is 7.98. The van der Waals surface area contributed by atoms with Crippen molar-refractivity contribution in [2.45, 2.75) is 51.7 Å². The number of aryl methyl sites for hydroxylation is 1. The molecule has 0 aliphatic carbocycles. The first-order valence-corrected chi connectivity index (χ1v) is 8.43. The molecule has 1 fully saturated rings. The number of rotatable bonds is 3. The fourth-order valence-electron chi connectivity index (χ4n) is 2.97. The molecule has 1 aromatic rings. The molecule has 3 unspecified atom stereocenters. The number of nitrogens with zero attached hydrogens (tertiary/aromatic N) is 1. The smallest absolute Gasteiger partial charge is 0.246 e. The SMILES string of the molecule is Cc1oc(CO)cc1S(=O)(=O)N1CC(C)CC(C)C1C. The Morgan fingerprint density at radius 3 is 2.60 bits per heavy atom. The molecule has 20 heavy (non-hydrogen) atoms. The van der Waals surface area contributed by atoms with Gasteiger partial charge in [0.05, 0.1) is 0 Å². The molecule has 5 nitrogen and oxygen atoms in total. The molecule has 2 rings (SSSR count). The highest BCUT2D eigenvalue weighted by atomic mass is 32.2. The molecule has 2 heterocycles. The molecular formula is C14H23NO4S. The number of hydrogen-bond acceptors (Lipinski definition) is 4. The minimum Gasteiger partial charge on any atom is -0.462 e. The summed E-state index contributed by atoms with van der Waals surface area (Å²) < 4.78 is 32.5. The monoisotopic (exact) mass is 301 g/mol. The van der Waals surface area contributed by atoms with E-state index in [0.29, 0.717) is 24.1 Å². The summed E-state index contributed by atoms with van der Waals surface area (Å²) >= 11 is 0. The minimum atomic E-state index is -3.57. The lowest BCUT2D eigenvalue weighted by Crippen LogP contribution is -2.48. The van der Waals surface area contributed by atoms with Gasteiger partial charge in [-0.2, -0.15) is 4.31 Å². The van der Waals surface area contributed by atoms with Gasteiger partial charge in [-0.25, -0.2) is 8.42 Å². The van der Waals surface area contributed by atoms with Gasteiger partial charge in [0.25, 0.3) is 0 Å². The number of furan rings is 1. The van der Waals surface area contributed by atoms with Crippen molar-refractivity contribution in [1.82, 2.24) is 4.31 Å². The van der Waals surface area contributed by atoms with E-state index in [4.69, 9.17) is 9.52 Å². The fraction of sp³-hybridized carbons (Fsp3) is 0.714. The maximum Gasteiger partial charge on any atom is 0.246 e. The standard InChI is InChI=1S/C14H23NO4S/c1-9-5-10(2)11(3)15(7-9)20(17,18)14-6-13(8-16)19-12(14)4/h6,9-11,16H,5,7-8H2,1-4H3. The molecule has 3 atom stereocenters. The lowest BCUT2D eigenvalue weighted by molar-refractivity contribution is 0.157. The molecule has 0 amide bonds. The van der Waals surface area contributed by atoms with Crippen LogP contribution in [0.5, 0.6) is 0 Å². The van der Waals surface area contributed by atoms with E-state index >= 15 is 0 Å². The van der Waals surface area contributed by atoms with Crippen molar-refractivity contribution in [3.8, 4) is 0 Å². The summed E-state index contributed by atoms with van der Waals surface area (Å²) in [6.07, 6.45) is 1.04. The van der Waals surface area contributed by atoms with Crippen LogP contribution >= 0.6 is 0 Å². The second-order valence-corrected chi connectivity index (χ2v) is 7.78. The van der Waals surface area contributed by atoms with Crippen LogP contribution in [-0.4, -0.2) is 30.4 Å². The van der Waals surface area contributed by atoms with Crippen molar-refractivity contribution in [2.75, 3.05) is 6.54 Å². The Hall–Kier alpha value is -0.850. The number of sulfonamides is 1. The lowest BCUT2D eigenvalue weighted by atomic mass is 9.88. The predicted molar refractivity (Wildman–Crippen MR) is 75.7 cm³/mol. The zero-order valence-electron chi connectivity index (χ0n) is 12.5. The molecule has 1 aliphatic rings. The third-order valence-electron chi connectivity index (χ3n) is 4.21. The first kappa shape index (κ1) is 15.5. The van der Waals surface area contributed by atoms with Crippen molar-refractivity contribution >= 4 is 10.0 Å². The topological polar surface area (TPSA) is 70.8 Å². The zero-order valence-corrected chi connectivity index (χ0v) is 13.3. The molecule has 1 aliphatic heterocycles. The fourth-order valence-corrected chi connectivity index (χ4v) is 5.00. The highest BCUT2D eigenvalue weighted by molar-refractivity contribution is 7.89. The summed E-state index contributed by atoms with van der Waals surface area (Å²) in [7, 11) is -3.57. The van der Waals surface area contributed by atoms with Gasteiger partial charge in [0, 0.05) is 18.7 Å². The molecule has 0 bridgehead atoms. The van der Waals surface area contributed by atoms with Crippen LogP contribution in [0.4, 0.5) is 0 Å². The molecule has 114 valence electrons. The van der Waals surface area contributed by atoms with Gasteiger partial charge in [0.15, 0.2) is 0 Å². The average molecular weight is 301 g/mol. The largest absolute Gasteiger partial charge is 0.462 e. The second kappa shape index (κ2) is 5.50. The van der Waals surface area contributed by atoms with Gasteiger partial charge in [-0.05, 0) is 32.1 Å². The third-order valence-corrected chi connectivity index (χ3v) is 6.27. The van der Waals surface area contributed by atoms with Crippen LogP contribution in [0, 0.1) is 18.8 Å². The van der Waals surface area contributed by atoms with Crippen LogP contribution in [0.1, 0.15) is 38.7 Å². The maximum absolute atomic E-state index is 12.8. The van der Waals surface area contributed by atoms with Gasteiger partial charge in [-0.15, -0.1) is 0 Å². The Balaban J connectivity index is 2.40. The van der Waals surface area contributed by atoms with Crippen LogP contribution < -0.4 is 0 Å². The van der Waals surface area contributed by atoms with E-state index in [2.05, 4.69) is 13.8 Å². The molecule has 0 saturated carbocycles. The van der Waals surface area contributed by atoms with E-state index in [9.17, 15) is 8.42 Å². The van der Waals surface area contributed by atoms with Crippen molar-refractivity contribution in [1.29, 1.82) is 0 Å². The summed E-state index contributed by atoms with van der Waals surface area (Å²) in [5, 5.41) is 9.09. The van der Waals surface area contributed by atoms with Gasteiger partial charge in [-0.1, -0.05) is 13.8 Å². The Morgan fingerprint density at radius 2 is 2.05 bits per heavy atom. The molecule has 1 aromatic heterocycles. The Labute approximate surface area is 120 Å². The number of aliphatic hydroxyl groups excluding tert-OH is 1. The third kappa shape index (κ3) is 2.64. The van der Waals surface area contributed by atoms with Crippen molar-refractivity contribution < 1.29 is 17.9 Å². The minimum absolute atomic E-state index is 0.0249. The maximum atomic E-state index is 12.8. The van der Waals surface area contributed by atoms with E-state index in [-0.39, 0.29) is 23.3 Å². The summed E-state index contributed by atoms with van der Waals surface area (Å²) in [6, 6.07) is 1.41. The van der Waals surface area contributed by atoms with Crippen LogP contribution in [0.25, 0.3) is 0 Å². The molecule has 1 N–H and O–H groups in total. The second-order valence-electron chi connectivity index (χ2n) is 5.92. The van der Waals surface area contributed by atoms with E-state index in [1.807, 2.05) is 6.92 Å². The van der Waals surface area contributed by atoms with Crippen LogP contribution in [-0.2, 0) is 16.6 Å². The van der Waals surface area contributed by atoms with Gasteiger partial charge < -0.3 is 9.52 Å². The lowest BCUT2D eigenvalue weighted by Gasteiger charge is -2.39. The van der Waals surface area contributed by atoms with E-state index < -0.39 is 10.0 Å². The Bertz CT molecular complexity index is 578. The number of aliphatic hydroxyl groups is 1. The summed E-state index contributed by atoms with van der Waals surface area (Å²) in [4.78, 5) is 0.176. The number of hydrogen-bond donors (Lipinski definition) is 1. The Morgan fingerprint density at radius 1 is 1.40 bits per heavy atom. The Kier molecular flexibility index (Phi) is 4.27. The normalized spacial score (nSPS) is 28.8. The highest BCUT2D eigenvalue weighted by Gasteiger charge is 2.38. The van der Waals surface area contributed by atoms with Crippen molar-refractivity contribution in [2.24, 2.45) is 11.8 Å². The van der Waals surface area contributed by atoms with Gasteiger partial charge in [0.1, 0.15) is 23.0 Å². The quantitative estimate of drug-likeness (QED) is 0.928.